The van der Waals surface area contributed by atoms with Crippen LogP contribution in [0.15, 0.2) is 47.9 Å². The topological polar surface area (TPSA) is 95.9 Å². The van der Waals surface area contributed by atoms with Gasteiger partial charge < -0.3 is 10.1 Å². The van der Waals surface area contributed by atoms with Crippen molar-refractivity contribution in [3.63, 3.8) is 0 Å². The quantitative estimate of drug-likeness (QED) is 0.763. The maximum atomic E-state index is 11.4. The Morgan fingerprint density at radius 1 is 1.24 bits per heavy atom. The Hall–Kier alpha value is -2.25. The maximum absolute atomic E-state index is 11.4. The third-order valence-corrected chi connectivity index (χ3v) is 4.22. The Morgan fingerprint density at radius 3 is 2.71 bits per heavy atom. The highest BCUT2D eigenvalue weighted by Crippen LogP contribution is 2.27. The van der Waals surface area contributed by atoms with E-state index in [1.54, 1.807) is 24.5 Å². The summed E-state index contributed by atoms with van der Waals surface area (Å²) in [6.07, 6.45) is 4.87. The lowest BCUT2D eigenvalue weighted by Gasteiger charge is -2.09. The molecule has 0 spiro atoms. The first-order chi connectivity index (χ1) is 9.97. The molecule has 6 nitrogen and oxygen atoms in total. The van der Waals surface area contributed by atoms with E-state index in [9.17, 15) is 13.5 Å². The van der Waals surface area contributed by atoms with E-state index in [0.717, 1.165) is 11.8 Å². The van der Waals surface area contributed by atoms with E-state index >= 15 is 0 Å². The molecule has 0 amide bonds. The summed E-state index contributed by atoms with van der Waals surface area (Å²) >= 11 is 0. The molecule has 0 aromatic carbocycles. The van der Waals surface area contributed by atoms with Gasteiger partial charge in [-0.25, -0.2) is 13.4 Å². The normalized spacial score (nSPS) is 13.4. The van der Waals surface area contributed by atoms with Gasteiger partial charge in [-0.3, -0.25) is 4.98 Å². The first kappa shape index (κ1) is 13.7. The largest absolute Gasteiger partial charge is 0.383 e. The molecule has 0 aliphatic carbocycles. The minimum Gasteiger partial charge on any atom is -0.383 e. The van der Waals surface area contributed by atoms with Crippen LogP contribution in [-0.4, -0.2) is 34.7 Å². The van der Waals surface area contributed by atoms with Crippen LogP contribution in [0.4, 0.5) is 0 Å². The van der Waals surface area contributed by atoms with Crippen molar-refractivity contribution in [2.75, 3.05) is 6.26 Å². The second-order valence-electron chi connectivity index (χ2n) is 4.75. The minimum absolute atomic E-state index is 0.0181. The van der Waals surface area contributed by atoms with Gasteiger partial charge in [0, 0.05) is 36.0 Å². The maximum Gasteiger partial charge on any atom is 0.192 e. The van der Waals surface area contributed by atoms with Crippen LogP contribution in [0.25, 0.3) is 11.0 Å². The number of rotatable bonds is 3. The fraction of sp³-hybridized carbons (Fsp3) is 0.143. The number of sulfone groups is 1. The molecule has 0 saturated carbocycles. The van der Waals surface area contributed by atoms with E-state index < -0.39 is 15.9 Å². The number of aliphatic hydroxyl groups is 1. The second-order valence-corrected chi connectivity index (χ2v) is 6.71. The molecule has 3 rings (SSSR count). The van der Waals surface area contributed by atoms with E-state index in [1.807, 2.05) is 6.07 Å². The zero-order chi connectivity index (χ0) is 15.0. The van der Waals surface area contributed by atoms with Gasteiger partial charge in [0.1, 0.15) is 6.10 Å². The van der Waals surface area contributed by atoms with Crippen LogP contribution < -0.4 is 0 Å². The van der Waals surface area contributed by atoms with Gasteiger partial charge in [0.05, 0.1) is 11.0 Å². The van der Waals surface area contributed by atoms with E-state index in [4.69, 9.17) is 0 Å². The fourth-order valence-corrected chi connectivity index (χ4v) is 2.70. The van der Waals surface area contributed by atoms with Crippen molar-refractivity contribution in [1.29, 1.82) is 0 Å². The molecule has 2 N–H and O–H groups in total. The van der Waals surface area contributed by atoms with Crippen LogP contribution in [0.1, 0.15) is 17.2 Å². The van der Waals surface area contributed by atoms with Gasteiger partial charge in [0.15, 0.2) is 14.9 Å². The predicted octanol–water partition coefficient (Wildman–Crippen LogP) is 1.44. The van der Waals surface area contributed by atoms with Crippen LogP contribution in [-0.2, 0) is 9.84 Å². The molecule has 0 saturated heterocycles. The monoisotopic (exact) mass is 303 g/mol. The molecule has 3 aromatic rings. The van der Waals surface area contributed by atoms with Crippen molar-refractivity contribution in [2.45, 2.75) is 11.1 Å². The standard InChI is InChI=1S/C14H13N3O3S/c1-21(19,20)12-5-4-9(7-17-12)14(18)10-8-16-11-3-2-6-15-13(10)11/h2-8,14,16,18H,1H3. The Labute approximate surface area is 121 Å². The number of nitrogens with one attached hydrogen (secondary N) is 1. The molecular weight excluding hydrogens is 290 g/mol. The molecule has 7 heteroatoms. The second kappa shape index (κ2) is 4.94. The van der Waals surface area contributed by atoms with Crippen molar-refractivity contribution in [3.8, 4) is 0 Å². The van der Waals surface area contributed by atoms with Crippen molar-refractivity contribution in [1.82, 2.24) is 15.0 Å². The smallest absolute Gasteiger partial charge is 0.192 e. The van der Waals surface area contributed by atoms with Gasteiger partial charge in [-0.15, -0.1) is 0 Å². The van der Waals surface area contributed by atoms with Crippen molar-refractivity contribution in [2.24, 2.45) is 0 Å². The zero-order valence-corrected chi connectivity index (χ0v) is 12.0. The molecular formula is C14H13N3O3S. The summed E-state index contributed by atoms with van der Waals surface area (Å²) in [6.45, 7) is 0. The lowest BCUT2D eigenvalue weighted by Crippen LogP contribution is -2.04. The molecule has 3 aromatic heterocycles. The molecule has 21 heavy (non-hydrogen) atoms. The van der Waals surface area contributed by atoms with E-state index in [2.05, 4.69) is 15.0 Å². The van der Waals surface area contributed by atoms with Gasteiger partial charge in [0.25, 0.3) is 0 Å². The average Bonchev–Trinajstić information content (AvgIpc) is 2.90. The van der Waals surface area contributed by atoms with Gasteiger partial charge in [-0.05, 0) is 18.2 Å². The summed E-state index contributed by atoms with van der Waals surface area (Å²) in [7, 11) is -3.35. The molecule has 1 atom stereocenters. The molecule has 1 unspecified atom stereocenters. The summed E-state index contributed by atoms with van der Waals surface area (Å²) in [5, 5.41) is 10.4. The number of H-pyrrole nitrogens is 1. The number of pyridine rings is 2. The first-order valence-corrected chi connectivity index (χ1v) is 8.12. The summed E-state index contributed by atoms with van der Waals surface area (Å²) in [5.74, 6) is 0. The van der Waals surface area contributed by atoms with E-state index in [0.29, 0.717) is 16.6 Å². The Balaban J connectivity index is 2.00. The molecule has 0 bridgehead atoms. The lowest BCUT2D eigenvalue weighted by molar-refractivity contribution is 0.221. The highest BCUT2D eigenvalue weighted by Gasteiger charge is 2.17. The van der Waals surface area contributed by atoms with Gasteiger partial charge in [-0.2, -0.15) is 0 Å². The third-order valence-electron chi connectivity index (χ3n) is 3.21. The third kappa shape index (κ3) is 2.53. The van der Waals surface area contributed by atoms with Crippen LogP contribution >= 0.6 is 0 Å². The van der Waals surface area contributed by atoms with Crippen LogP contribution in [0.3, 0.4) is 0 Å². The van der Waals surface area contributed by atoms with Crippen LogP contribution in [0.2, 0.25) is 0 Å². The highest BCUT2D eigenvalue weighted by molar-refractivity contribution is 7.90. The van der Waals surface area contributed by atoms with Crippen molar-refractivity contribution in [3.05, 3.63) is 54.0 Å². The Kier molecular flexibility index (Phi) is 3.23. The van der Waals surface area contributed by atoms with E-state index in [1.165, 1.54) is 12.3 Å². The summed E-state index contributed by atoms with van der Waals surface area (Å²) in [4.78, 5) is 11.2. The van der Waals surface area contributed by atoms with Gasteiger partial charge in [-0.1, -0.05) is 6.07 Å². The zero-order valence-electron chi connectivity index (χ0n) is 11.2. The summed E-state index contributed by atoms with van der Waals surface area (Å²) in [5.41, 5.74) is 2.64. The number of nitrogens with zero attached hydrogens (tertiary/aromatic N) is 2. The SMILES string of the molecule is CS(=O)(=O)c1ccc(C(O)c2c[nH]c3cccnc23)cn1. The van der Waals surface area contributed by atoms with Gasteiger partial charge >= 0.3 is 0 Å². The molecule has 3 heterocycles. The minimum atomic E-state index is -3.35. The molecule has 0 aliphatic rings. The molecule has 0 radical (unpaired) electrons. The van der Waals surface area contributed by atoms with Crippen molar-refractivity contribution >= 4 is 20.9 Å². The molecule has 0 fully saturated rings. The first-order valence-electron chi connectivity index (χ1n) is 6.23. The number of hydrogen-bond acceptors (Lipinski definition) is 5. The van der Waals surface area contributed by atoms with E-state index in [-0.39, 0.29) is 5.03 Å². The van der Waals surface area contributed by atoms with Crippen LogP contribution in [0.5, 0.6) is 0 Å². The number of fused-ring (bicyclic) bond motifs is 1. The molecule has 0 aliphatic heterocycles. The number of aliphatic hydroxyl groups excluding tert-OH is 1. The Bertz CT molecular complexity index is 885. The Morgan fingerprint density at radius 2 is 2.05 bits per heavy atom. The fourth-order valence-electron chi connectivity index (χ4n) is 2.14. The lowest BCUT2D eigenvalue weighted by atomic mass is 10.1. The van der Waals surface area contributed by atoms with Gasteiger partial charge in [0.2, 0.25) is 0 Å². The average molecular weight is 303 g/mol. The number of hydrogen-bond donors (Lipinski definition) is 2. The summed E-state index contributed by atoms with van der Waals surface area (Å²) in [6, 6.07) is 6.60. The number of aromatic nitrogens is 3. The van der Waals surface area contributed by atoms with Crippen LogP contribution in [0, 0.1) is 0 Å². The summed E-state index contributed by atoms with van der Waals surface area (Å²) < 4.78 is 22.8. The highest BCUT2D eigenvalue weighted by atomic mass is 32.2. The number of aromatic amines is 1. The predicted molar refractivity (Wildman–Crippen MR) is 77.5 cm³/mol. The molecule has 108 valence electrons. The van der Waals surface area contributed by atoms with Crippen molar-refractivity contribution < 1.29 is 13.5 Å².